The summed E-state index contributed by atoms with van der Waals surface area (Å²) < 4.78 is 0. The fourth-order valence-electron chi connectivity index (χ4n) is 9.46. The molecule has 6 aromatic carbocycles. The van der Waals surface area contributed by atoms with E-state index in [1.807, 2.05) is 24.5 Å². The summed E-state index contributed by atoms with van der Waals surface area (Å²) in [6.45, 7) is 6.81. The minimum absolute atomic E-state index is 0.527. The fourth-order valence-corrected chi connectivity index (χ4v) is 9.46. The van der Waals surface area contributed by atoms with Gasteiger partial charge in [0.15, 0.2) is 0 Å². The molecule has 11 rings (SSSR count). The van der Waals surface area contributed by atoms with Crippen molar-refractivity contribution < 1.29 is 0 Å². The molecule has 4 heteroatoms. The molecule has 0 unspecified atom stereocenters. The summed E-state index contributed by atoms with van der Waals surface area (Å²) in [5.41, 5.74) is 17.2. The summed E-state index contributed by atoms with van der Waals surface area (Å²) in [5.74, 6) is 0.527. The van der Waals surface area contributed by atoms with E-state index in [2.05, 4.69) is 166 Å². The molecule has 0 fully saturated rings. The van der Waals surface area contributed by atoms with Gasteiger partial charge in [0.1, 0.15) is 0 Å². The smallest absolute Gasteiger partial charge is 0.0972 e. The molecule has 0 aliphatic heterocycles. The number of rotatable bonds is 6. The van der Waals surface area contributed by atoms with E-state index in [9.17, 15) is 0 Å². The molecule has 1 aliphatic rings. The van der Waals surface area contributed by atoms with Crippen molar-refractivity contribution in [2.24, 2.45) is 5.92 Å². The van der Waals surface area contributed by atoms with E-state index in [4.69, 9.17) is 19.9 Å². The maximum Gasteiger partial charge on any atom is 0.0972 e. The van der Waals surface area contributed by atoms with Gasteiger partial charge in [-0.25, -0.2) is 9.97 Å². The van der Waals surface area contributed by atoms with Crippen LogP contribution in [0, 0.1) is 12.8 Å². The van der Waals surface area contributed by atoms with Crippen LogP contribution >= 0.6 is 0 Å². The van der Waals surface area contributed by atoms with Crippen LogP contribution in [0.5, 0.6) is 0 Å². The predicted molar refractivity (Wildman–Crippen MR) is 239 cm³/mol. The number of pyridine rings is 4. The van der Waals surface area contributed by atoms with Crippen molar-refractivity contribution in [3.05, 3.63) is 203 Å². The number of fused-ring (bicyclic) bond motifs is 9. The normalized spacial score (nSPS) is 13.1. The number of aromatic nitrogens is 4. The van der Waals surface area contributed by atoms with Gasteiger partial charge in [-0.2, -0.15) is 0 Å². The summed E-state index contributed by atoms with van der Waals surface area (Å²) in [4.78, 5) is 20.1. The van der Waals surface area contributed by atoms with Gasteiger partial charge in [-0.05, 0) is 94.6 Å². The predicted octanol–water partition coefficient (Wildman–Crippen LogP) is 13.1. The van der Waals surface area contributed by atoms with Gasteiger partial charge in [0.25, 0.3) is 0 Å². The SMILES string of the molecule is Cc1ccc2c(c1)C(c1cccc(-c3ccc4ccc5cccnc5c4n3)c1)(c1cccc(-c3ccc4ccc5cccnc5c4n3)c1)c1cc(CC(C)C)ccc1-2. The molecular formula is C54H40N4. The minimum Gasteiger partial charge on any atom is -0.254 e. The Hall–Kier alpha value is -7.04. The van der Waals surface area contributed by atoms with Gasteiger partial charge in [-0.3, -0.25) is 9.97 Å². The number of benzene rings is 6. The number of hydrogen-bond acceptors (Lipinski definition) is 4. The van der Waals surface area contributed by atoms with E-state index in [1.54, 1.807) is 0 Å². The zero-order valence-corrected chi connectivity index (χ0v) is 32.7. The molecule has 10 aromatic rings. The molecule has 276 valence electrons. The lowest BCUT2D eigenvalue weighted by molar-refractivity contribution is 0.645. The first-order valence-corrected chi connectivity index (χ1v) is 20.2. The number of aryl methyl sites for hydroxylation is 1. The van der Waals surface area contributed by atoms with E-state index in [1.165, 1.54) is 44.5 Å². The van der Waals surface area contributed by atoms with Crippen LogP contribution in [0.25, 0.3) is 77.3 Å². The standard InChI is InChI=1S/C54H40N4/c1-33(2)28-35-15-23-45-44-22-14-34(3)29-46(44)54(47(45)30-35,42-12-4-8-40(31-42)48-24-20-38-18-16-36-10-6-26-55-50(36)52(38)57-48)43-13-5-9-41(32-43)49-25-21-39-19-17-37-11-7-27-56-51(37)53(39)58-49/h4-27,29-33H,28H2,1-3H3. The average molecular weight is 745 g/mol. The largest absolute Gasteiger partial charge is 0.254 e. The molecule has 1 aliphatic carbocycles. The average Bonchev–Trinajstić information content (AvgIpc) is 3.55. The Morgan fingerprint density at radius 1 is 0.466 bits per heavy atom. The van der Waals surface area contributed by atoms with E-state index in [0.29, 0.717) is 5.92 Å². The van der Waals surface area contributed by atoms with Crippen LogP contribution in [0.2, 0.25) is 0 Å². The maximum atomic E-state index is 5.31. The van der Waals surface area contributed by atoms with Gasteiger partial charge in [0.2, 0.25) is 0 Å². The molecule has 4 nitrogen and oxygen atoms in total. The lowest BCUT2D eigenvalue weighted by atomic mass is 9.66. The van der Waals surface area contributed by atoms with Crippen LogP contribution in [-0.2, 0) is 11.8 Å². The minimum atomic E-state index is -0.619. The van der Waals surface area contributed by atoms with Crippen molar-refractivity contribution in [2.75, 3.05) is 0 Å². The van der Waals surface area contributed by atoms with Crippen molar-refractivity contribution in [3.63, 3.8) is 0 Å². The van der Waals surface area contributed by atoms with Crippen molar-refractivity contribution in [1.82, 2.24) is 19.9 Å². The molecule has 0 N–H and O–H groups in total. The van der Waals surface area contributed by atoms with Crippen molar-refractivity contribution in [2.45, 2.75) is 32.6 Å². The summed E-state index contributed by atoms with van der Waals surface area (Å²) in [6, 6.07) is 57.7. The van der Waals surface area contributed by atoms with Gasteiger partial charge in [-0.15, -0.1) is 0 Å². The van der Waals surface area contributed by atoms with Crippen molar-refractivity contribution in [3.8, 4) is 33.6 Å². The van der Waals surface area contributed by atoms with Crippen LogP contribution in [0.3, 0.4) is 0 Å². The zero-order valence-electron chi connectivity index (χ0n) is 32.7. The van der Waals surface area contributed by atoms with E-state index < -0.39 is 5.41 Å². The molecule has 0 radical (unpaired) electrons. The Kier molecular flexibility index (Phi) is 7.84. The van der Waals surface area contributed by atoms with Crippen LogP contribution in [0.15, 0.2) is 170 Å². The highest BCUT2D eigenvalue weighted by molar-refractivity contribution is 6.04. The monoisotopic (exact) mass is 744 g/mol. The van der Waals surface area contributed by atoms with E-state index in [0.717, 1.165) is 72.5 Å². The molecule has 0 bridgehead atoms. The van der Waals surface area contributed by atoms with Crippen LogP contribution < -0.4 is 0 Å². The quantitative estimate of drug-likeness (QED) is 0.159. The first-order valence-electron chi connectivity index (χ1n) is 20.2. The first kappa shape index (κ1) is 34.2. The fraction of sp³-hybridized carbons (Fsp3) is 0.111. The third kappa shape index (κ3) is 5.36. The lowest BCUT2D eigenvalue weighted by Crippen LogP contribution is -2.29. The number of nitrogens with zero attached hydrogens (tertiary/aromatic N) is 4. The molecule has 0 saturated heterocycles. The molecule has 58 heavy (non-hydrogen) atoms. The third-order valence-corrected chi connectivity index (χ3v) is 12.0. The zero-order chi connectivity index (χ0) is 39.0. The van der Waals surface area contributed by atoms with Gasteiger partial charge in [0.05, 0.1) is 38.9 Å². The van der Waals surface area contributed by atoms with E-state index >= 15 is 0 Å². The molecule has 0 spiro atoms. The highest BCUT2D eigenvalue weighted by Crippen LogP contribution is 2.57. The van der Waals surface area contributed by atoms with Crippen LogP contribution in [-0.4, -0.2) is 19.9 Å². The Balaban J connectivity index is 1.17. The molecule has 0 saturated carbocycles. The highest BCUT2D eigenvalue weighted by atomic mass is 14.8. The second kappa shape index (κ2) is 13.3. The Bertz CT molecular complexity index is 3110. The summed E-state index contributed by atoms with van der Waals surface area (Å²) in [7, 11) is 0. The topological polar surface area (TPSA) is 51.6 Å². The summed E-state index contributed by atoms with van der Waals surface area (Å²) >= 11 is 0. The Morgan fingerprint density at radius 3 is 1.52 bits per heavy atom. The third-order valence-electron chi connectivity index (χ3n) is 12.0. The molecule has 0 amide bonds. The second-order valence-electron chi connectivity index (χ2n) is 16.3. The molecule has 4 aromatic heterocycles. The Morgan fingerprint density at radius 2 is 0.966 bits per heavy atom. The number of hydrogen-bond donors (Lipinski definition) is 0. The first-order chi connectivity index (χ1) is 28.4. The van der Waals surface area contributed by atoms with Gasteiger partial charge in [-0.1, -0.05) is 141 Å². The van der Waals surface area contributed by atoms with Gasteiger partial charge < -0.3 is 0 Å². The van der Waals surface area contributed by atoms with Crippen LogP contribution in [0.4, 0.5) is 0 Å². The highest BCUT2D eigenvalue weighted by Gasteiger charge is 2.46. The lowest BCUT2D eigenvalue weighted by Gasteiger charge is -2.35. The molecule has 0 atom stereocenters. The summed E-state index contributed by atoms with van der Waals surface area (Å²) in [5, 5.41) is 4.34. The maximum absolute atomic E-state index is 5.31. The Labute approximate surface area is 338 Å². The van der Waals surface area contributed by atoms with Gasteiger partial charge >= 0.3 is 0 Å². The van der Waals surface area contributed by atoms with Crippen molar-refractivity contribution in [1.29, 1.82) is 0 Å². The second-order valence-corrected chi connectivity index (χ2v) is 16.3. The van der Waals surface area contributed by atoms with Crippen molar-refractivity contribution >= 4 is 43.6 Å². The molecular weight excluding hydrogens is 705 g/mol. The molecule has 4 heterocycles. The van der Waals surface area contributed by atoms with Crippen LogP contribution in [0.1, 0.15) is 47.2 Å². The van der Waals surface area contributed by atoms with E-state index in [-0.39, 0.29) is 0 Å². The summed E-state index contributed by atoms with van der Waals surface area (Å²) in [6.07, 6.45) is 4.71. The van der Waals surface area contributed by atoms with Gasteiger partial charge in [0, 0.05) is 45.1 Å².